The van der Waals surface area contributed by atoms with Crippen LogP contribution >= 0.6 is 0 Å². The minimum absolute atomic E-state index is 0.0331. The smallest absolute Gasteiger partial charge is 0.249 e. The first kappa shape index (κ1) is 18.5. The van der Waals surface area contributed by atoms with Gasteiger partial charge in [0, 0.05) is 32.4 Å². The summed E-state index contributed by atoms with van der Waals surface area (Å²) in [5.41, 5.74) is 2.28. The molecule has 0 radical (unpaired) electrons. The molecule has 2 aliphatic rings. The molecule has 0 spiro atoms. The molecule has 0 unspecified atom stereocenters. The first-order chi connectivity index (χ1) is 13.5. The molecule has 148 valence electrons. The lowest BCUT2D eigenvalue weighted by atomic mass is 10.1. The van der Waals surface area contributed by atoms with Gasteiger partial charge in [0.2, 0.25) is 11.8 Å². The SMILES string of the molecule is Cc1cnc(CNC(=O)[C@H]2C[C@@H]3[C@@H](CCN3C(=O)Cc3ccn(C)n3)O2)cn1. The van der Waals surface area contributed by atoms with Gasteiger partial charge < -0.3 is 15.0 Å². The normalized spacial score (nSPS) is 23.6. The summed E-state index contributed by atoms with van der Waals surface area (Å²) in [5, 5.41) is 7.13. The standard InChI is InChI=1S/C19H24N6O3/c1-12-9-21-14(10-20-12)11-22-19(27)17-8-15-16(28-17)4-6-25(15)18(26)7-13-3-5-24(2)23-13/h3,5,9-10,15-17H,4,6-8,11H2,1-2H3,(H,22,27)/t15-,16-,17-/m1/s1. The largest absolute Gasteiger partial charge is 0.363 e. The van der Waals surface area contributed by atoms with Crippen molar-refractivity contribution < 1.29 is 14.3 Å². The summed E-state index contributed by atoms with van der Waals surface area (Å²) in [6.45, 7) is 2.83. The molecule has 2 saturated heterocycles. The molecule has 2 amide bonds. The summed E-state index contributed by atoms with van der Waals surface area (Å²) >= 11 is 0. The van der Waals surface area contributed by atoms with Gasteiger partial charge in [-0.15, -0.1) is 0 Å². The van der Waals surface area contributed by atoms with Crippen LogP contribution in [0.5, 0.6) is 0 Å². The third-order valence-electron chi connectivity index (χ3n) is 5.27. The molecule has 3 atom stereocenters. The Morgan fingerprint density at radius 3 is 2.86 bits per heavy atom. The number of hydrogen-bond donors (Lipinski definition) is 1. The Kier molecular flexibility index (Phi) is 5.08. The van der Waals surface area contributed by atoms with E-state index < -0.39 is 6.10 Å². The summed E-state index contributed by atoms with van der Waals surface area (Å²) in [6.07, 6.45) is 6.07. The molecule has 0 bridgehead atoms. The van der Waals surface area contributed by atoms with Crippen molar-refractivity contribution >= 4 is 11.8 Å². The van der Waals surface area contributed by atoms with Crippen LogP contribution in [0.4, 0.5) is 0 Å². The summed E-state index contributed by atoms with van der Waals surface area (Å²) < 4.78 is 7.62. The van der Waals surface area contributed by atoms with Crippen molar-refractivity contribution in [3.63, 3.8) is 0 Å². The van der Waals surface area contributed by atoms with Crippen LogP contribution in [0.15, 0.2) is 24.7 Å². The van der Waals surface area contributed by atoms with Gasteiger partial charge >= 0.3 is 0 Å². The van der Waals surface area contributed by atoms with Gasteiger partial charge in [-0.05, 0) is 19.4 Å². The van der Waals surface area contributed by atoms with E-state index in [0.29, 0.717) is 25.2 Å². The number of nitrogens with zero attached hydrogens (tertiary/aromatic N) is 5. The van der Waals surface area contributed by atoms with Gasteiger partial charge in [0.05, 0.1) is 48.4 Å². The number of aromatic nitrogens is 4. The molecule has 28 heavy (non-hydrogen) atoms. The molecular weight excluding hydrogens is 360 g/mol. The van der Waals surface area contributed by atoms with Crippen molar-refractivity contribution in [3.05, 3.63) is 41.7 Å². The number of rotatable bonds is 5. The summed E-state index contributed by atoms with van der Waals surface area (Å²) in [5.74, 6) is -0.139. The molecule has 0 saturated carbocycles. The first-order valence-electron chi connectivity index (χ1n) is 9.48. The van der Waals surface area contributed by atoms with Crippen molar-refractivity contribution in [3.8, 4) is 0 Å². The van der Waals surface area contributed by atoms with Gasteiger partial charge in [-0.3, -0.25) is 24.2 Å². The molecule has 2 aliphatic heterocycles. The van der Waals surface area contributed by atoms with E-state index in [0.717, 1.165) is 17.8 Å². The average Bonchev–Trinajstić information content (AvgIpc) is 3.36. The highest BCUT2D eigenvalue weighted by Gasteiger charge is 2.47. The van der Waals surface area contributed by atoms with Crippen LogP contribution in [0.1, 0.15) is 29.9 Å². The van der Waals surface area contributed by atoms with Gasteiger partial charge in [0.15, 0.2) is 0 Å². The van der Waals surface area contributed by atoms with Crippen molar-refractivity contribution in [2.75, 3.05) is 6.54 Å². The lowest BCUT2D eigenvalue weighted by Gasteiger charge is -2.22. The van der Waals surface area contributed by atoms with Gasteiger partial charge in [-0.2, -0.15) is 5.10 Å². The molecule has 2 fully saturated rings. The van der Waals surface area contributed by atoms with Gasteiger partial charge in [-0.1, -0.05) is 0 Å². The highest BCUT2D eigenvalue weighted by molar-refractivity contribution is 5.82. The topological polar surface area (TPSA) is 102 Å². The predicted molar refractivity (Wildman–Crippen MR) is 98.9 cm³/mol. The van der Waals surface area contributed by atoms with E-state index in [4.69, 9.17) is 4.74 Å². The van der Waals surface area contributed by atoms with Gasteiger partial charge in [0.1, 0.15) is 6.10 Å². The van der Waals surface area contributed by atoms with E-state index >= 15 is 0 Å². The van der Waals surface area contributed by atoms with Crippen molar-refractivity contribution in [2.45, 2.75) is 51.0 Å². The minimum Gasteiger partial charge on any atom is -0.363 e. The number of amides is 2. The Balaban J connectivity index is 1.31. The first-order valence-corrected chi connectivity index (χ1v) is 9.48. The van der Waals surface area contributed by atoms with Gasteiger partial charge in [0.25, 0.3) is 0 Å². The van der Waals surface area contributed by atoms with E-state index in [1.54, 1.807) is 17.1 Å². The monoisotopic (exact) mass is 384 g/mol. The zero-order valence-electron chi connectivity index (χ0n) is 16.0. The molecule has 1 N–H and O–H groups in total. The number of likely N-dealkylation sites (tertiary alicyclic amines) is 1. The summed E-state index contributed by atoms with van der Waals surface area (Å²) in [4.78, 5) is 35.4. The average molecular weight is 384 g/mol. The Bertz CT molecular complexity index is 865. The Labute approximate surface area is 163 Å². The third kappa shape index (κ3) is 3.89. The number of nitrogens with one attached hydrogen (secondary N) is 1. The second kappa shape index (κ2) is 7.67. The van der Waals surface area contributed by atoms with Crippen LogP contribution < -0.4 is 5.32 Å². The molecule has 4 heterocycles. The number of hydrogen-bond acceptors (Lipinski definition) is 6. The molecular formula is C19H24N6O3. The molecule has 2 aromatic rings. The Hall–Kier alpha value is -2.81. The zero-order valence-corrected chi connectivity index (χ0v) is 16.0. The number of carbonyl (C=O) groups excluding carboxylic acids is 2. The number of fused-ring (bicyclic) bond motifs is 1. The van der Waals surface area contributed by atoms with E-state index in [1.807, 2.05) is 31.1 Å². The van der Waals surface area contributed by atoms with Gasteiger partial charge in [-0.25, -0.2) is 0 Å². The maximum Gasteiger partial charge on any atom is 0.249 e. The molecule has 4 rings (SSSR count). The number of aryl methyl sites for hydroxylation is 2. The fraction of sp³-hybridized carbons (Fsp3) is 0.526. The Morgan fingerprint density at radius 1 is 1.29 bits per heavy atom. The summed E-state index contributed by atoms with van der Waals surface area (Å²) in [6, 6.07) is 1.80. The van der Waals surface area contributed by atoms with Crippen LogP contribution in [0.3, 0.4) is 0 Å². The quantitative estimate of drug-likeness (QED) is 0.787. The van der Waals surface area contributed by atoms with Crippen LogP contribution in [0, 0.1) is 6.92 Å². The van der Waals surface area contributed by atoms with Crippen molar-refractivity contribution in [1.29, 1.82) is 0 Å². The molecule has 2 aromatic heterocycles. The molecule has 0 aromatic carbocycles. The van der Waals surface area contributed by atoms with Crippen molar-refractivity contribution in [2.24, 2.45) is 7.05 Å². The van der Waals surface area contributed by atoms with E-state index in [-0.39, 0.29) is 30.4 Å². The fourth-order valence-corrected chi connectivity index (χ4v) is 3.84. The van der Waals surface area contributed by atoms with Crippen LogP contribution in [0.25, 0.3) is 0 Å². The highest BCUT2D eigenvalue weighted by Crippen LogP contribution is 2.33. The van der Waals surface area contributed by atoms with E-state index in [1.165, 1.54) is 0 Å². The minimum atomic E-state index is -0.543. The van der Waals surface area contributed by atoms with E-state index in [2.05, 4.69) is 20.4 Å². The van der Waals surface area contributed by atoms with Crippen LogP contribution in [-0.2, 0) is 34.3 Å². The van der Waals surface area contributed by atoms with Crippen LogP contribution in [0.2, 0.25) is 0 Å². The molecule has 9 nitrogen and oxygen atoms in total. The highest BCUT2D eigenvalue weighted by atomic mass is 16.5. The van der Waals surface area contributed by atoms with Crippen LogP contribution in [-0.4, -0.2) is 61.3 Å². The lowest BCUT2D eigenvalue weighted by molar-refractivity contribution is -0.132. The second-order valence-corrected chi connectivity index (χ2v) is 7.37. The fourth-order valence-electron chi connectivity index (χ4n) is 3.84. The zero-order chi connectivity index (χ0) is 19.7. The maximum absolute atomic E-state index is 12.7. The Morgan fingerprint density at radius 2 is 2.14 bits per heavy atom. The van der Waals surface area contributed by atoms with Crippen molar-refractivity contribution in [1.82, 2.24) is 30.0 Å². The number of ether oxygens (including phenoxy) is 1. The molecule has 9 heteroatoms. The summed E-state index contributed by atoms with van der Waals surface area (Å²) in [7, 11) is 1.83. The van der Waals surface area contributed by atoms with E-state index in [9.17, 15) is 9.59 Å². The third-order valence-corrected chi connectivity index (χ3v) is 5.27. The lowest BCUT2D eigenvalue weighted by Crippen LogP contribution is -2.40. The predicted octanol–water partition coefficient (Wildman–Crippen LogP) is 0.136. The maximum atomic E-state index is 12.7. The molecule has 0 aliphatic carbocycles. The number of carbonyl (C=O) groups is 2. The second-order valence-electron chi connectivity index (χ2n) is 7.37.